The molecule has 1 heterocycles. The van der Waals surface area contributed by atoms with Crippen molar-refractivity contribution < 1.29 is 4.79 Å². The lowest BCUT2D eigenvalue weighted by atomic mass is 9.95. The van der Waals surface area contributed by atoms with Gasteiger partial charge in [-0.15, -0.1) is 0 Å². The quantitative estimate of drug-likeness (QED) is 0.913. The first kappa shape index (κ1) is 12.5. The van der Waals surface area contributed by atoms with E-state index >= 15 is 0 Å². The van der Waals surface area contributed by atoms with E-state index in [1.165, 1.54) is 0 Å². The Labute approximate surface area is 120 Å². The Bertz CT molecular complexity index is 661. The zero-order valence-corrected chi connectivity index (χ0v) is 11.7. The second-order valence-corrected chi connectivity index (χ2v) is 5.80. The average Bonchev–Trinajstić information content (AvgIpc) is 2.97. The van der Waals surface area contributed by atoms with Crippen LogP contribution in [-0.2, 0) is 4.79 Å². The number of benzene rings is 1. The molecule has 0 fully saturated rings. The zero-order chi connectivity index (χ0) is 13.4. The highest BCUT2D eigenvalue weighted by Crippen LogP contribution is 2.39. The summed E-state index contributed by atoms with van der Waals surface area (Å²) in [7, 11) is 0. The van der Waals surface area contributed by atoms with Crippen molar-refractivity contribution in [1.29, 1.82) is 0 Å². The maximum absolute atomic E-state index is 12.5. The number of hydrogen-bond acceptors (Lipinski definition) is 3. The number of carbonyl (C=O) groups excluding carboxylic acids is 1. The maximum Gasteiger partial charge on any atom is 0.173 e. The van der Waals surface area contributed by atoms with E-state index in [1.807, 2.05) is 29.0 Å². The van der Waals surface area contributed by atoms with Crippen molar-refractivity contribution in [2.24, 2.45) is 5.73 Å². The third kappa shape index (κ3) is 2.20. The predicted molar refractivity (Wildman–Crippen MR) is 79.2 cm³/mol. The van der Waals surface area contributed by atoms with E-state index in [0.29, 0.717) is 22.7 Å². The third-order valence-electron chi connectivity index (χ3n) is 3.37. The molecule has 1 aliphatic rings. The molecule has 0 saturated carbocycles. The number of halogens is 1. The van der Waals surface area contributed by atoms with Gasteiger partial charge in [0.1, 0.15) is 0 Å². The monoisotopic (exact) mass is 289 g/mol. The van der Waals surface area contributed by atoms with Crippen LogP contribution in [0.2, 0.25) is 5.02 Å². The molecule has 2 aromatic rings. The largest absolute Gasteiger partial charge is 0.401 e. The van der Waals surface area contributed by atoms with Crippen molar-refractivity contribution in [3.63, 3.8) is 0 Å². The maximum atomic E-state index is 12.5. The number of allylic oxidation sites excluding steroid dienone is 2. The molecule has 0 bridgehead atoms. The highest BCUT2D eigenvalue weighted by atomic mass is 35.5. The Balaban J connectivity index is 1.99. The van der Waals surface area contributed by atoms with Crippen LogP contribution in [0.15, 0.2) is 46.8 Å². The van der Waals surface area contributed by atoms with E-state index in [-0.39, 0.29) is 11.7 Å². The number of nitrogens with two attached hydrogens (primary N) is 1. The van der Waals surface area contributed by atoms with Crippen LogP contribution >= 0.6 is 22.9 Å². The Morgan fingerprint density at radius 1 is 1.32 bits per heavy atom. The Kier molecular flexibility index (Phi) is 3.17. The molecular formula is C15H12ClNOS. The fourth-order valence-electron chi connectivity index (χ4n) is 2.46. The van der Waals surface area contributed by atoms with Crippen LogP contribution in [0.5, 0.6) is 0 Å². The number of rotatable bonds is 2. The number of hydrogen-bond donors (Lipinski definition) is 1. The van der Waals surface area contributed by atoms with Gasteiger partial charge in [0.2, 0.25) is 0 Å². The standard InChI is InChI=1S/C15H12ClNOS/c16-11-3-1-2-9(6-11)14-13(17)7-12(15(14)18)10-4-5-19-8-10/h1-6,8,12H,7,17H2. The van der Waals surface area contributed by atoms with Crippen molar-refractivity contribution in [3.8, 4) is 0 Å². The number of Topliss-reactive ketones (excluding diaryl/α,β-unsaturated/α-hetero) is 1. The highest BCUT2D eigenvalue weighted by molar-refractivity contribution is 7.08. The van der Waals surface area contributed by atoms with Gasteiger partial charge in [-0.05, 0) is 40.1 Å². The van der Waals surface area contributed by atoms with E-state index in [1.54, 1.807) is 23.5 Å². The normalized spacial score (nSPS) is 19.2. The molecule has 1 aliphatic carbocycles. The Hall–Kier alpha value is -1.58. The van der Waals surface area contributed by atoms with E-state index in [4.69, 9.17) is 17.3 Å². The molecule has 96 valence electrons. The van der Waals surface area contributed by atoms with Crippen LogP contribution in [0.4, 0.5) is 0 Å². The van der Waals surface area contributed by atoms with Gasteiger partial charge in [0.05, 0.1) is 5.92 Å². The molecule has 3 rings (SSSR count). The number of thiophene rings is 1. The molecule has 4 heteroatoms. The molecule has 2 nitrogen and oxygen atoms in total. The van der Waals surface area contributed by atoms with E-state index in [0.717, 1.165) is 11.1 Å². The van der Waals surface area contributed by atoms with Gasteiger partial charge in [-0.3, -0.25) is 4.79 Å². The fourth-order valence-corrected chi connectivity index (χ4v) is 3.37. The first-order chi connectivity index (χ1) is 9.16. The number of ketones is 1. The smallest absolute Gasteiger partial charge is 0.173 e. The molecule has 0 spiro atoms. The molecule has 1 aromatic carbocycles. The van der Waals surface area contributed by atoms with Crippen LogP contribution in [0.3, 0.4) is 0 Å². The molecule has 0 aliphatic heterocycles. The van der Waals surface area contributed by atoms with Crippen LogP contribution in [-0.4, -0.2) is 5.78 Å². The third-order valence-corrected chi connectivity index (χ3v) is 4.30. The summed E-state index contributed by atoms with van der Waals surface area (Å²) in [5.74, 6) is -0.0431. The second-order valence-electron chi connectivity index (χ2n) is 4.59. The lowest BCUT2D eigenvalue weighted by molar-refractivity contribution is -0.114. The van der Waals surface area contributed by atoms with Gasteiger partial charge in [0, 0.05) is 22.7 Å². The second kappa shape index (κ2) is 4.83. The first-order valence-corrected chi connectivity index (χ1v) is 7.30. The van der Waals surface area contributed by atoms with Crippen LogP contribution < -0.4 is 5.73 Å². The summed E-state index contributed by atoms with van der Waals surface area (Å²) >= 11 is 7.58. The molecule has 1 atom stereocenters. The molecule has 1 aromatic heterocycles. The first-order valence-electron chi connectivity index (χ1n) is 5.97. The molecular weight excluding hydrogens is 278 g/mol. The minimum atomic E-state index is -0.139. The molecule has 1 unspecified atom stereocenters. The van der Waals surface area contributed by atoms with Gasteiger partial charge in [0.25, 0.3) is 0 Å². The van der Waals surface area contributed by atoms with Crippen molar-refractivity contribution in [1.82, 2.24) is 0 Å². The van der Waals surface area contributed by atoms with Crippen LogP contribution in [0.25, 0.3) is 5.57 Å². The summed E-state index contributed by atoms with van der Waals surface area (Å²) < 4.78 is 0. The topological polar surface area (TPSA) is 43.1 Å². The van der Waals surface area contributed by atoms with E-state index in [2.05, 4.69) is 0 Å². The van der Waals surface area contributed by atoms with Gasteiger partial charge >= 0.3 is 0 Å². The summed E-state index contributed by atoms with van der Waals surface area (Å²) in [5, 5.41) is 4.61. The molecule has 19 heavy (non-hydrogen) atoms. The average molecular weight is 290 g/mol. The van der Waals surface area contributed by atoms with Crippen molar-refractivity contribution in [3.05, 3.63) is 62.9 Å². The Morgan fingerprint density at radius 2 is 2.16 bits per heavy atom. The fraction of sp³-hybridized carbons (Fsp3) is 0.133. The van der Waals surface area contributed by atoms with Crippen LogP contribution in [0, 0.1) is 0 Å². The highest BCUT2D eigenvalue weighted by Gasteiger charge is 2.33. The van der Waals surface area contributed by atoms with Gasteiger partial charge in [-0.2, -0.15) is 11.3 Å². The minimum absolute atomic E-state index is 0.0955. The summed E-state index contributed by atoms with van der Waals surface area (Å²) in [6, 6.07) is 9.28. The van der Waals surface area contributed by atoms with Gasteiger partial charge in [-0.25, -0.2) is 0 Å². The lowest BCUT2D eigenvalue weighted by Gasteiger charge is -2.07. The van der Waals surface area contributed by atoms with Crippen molar-refractivity contribution in [2.75, 3.05) is 0 Å². The van der Waals surface area contributed by atoms with Crippen molar-refractivity contribution >= 4 is 34.3 Å². The van der Waals surface area contributed by atoms with Gasteiger partial charge in [-0.1, -0.05) is 23.7 Å². The summed E-state index contributed by atoms with van der Waals surface area (Å²) in [4.78, 5) is 12.5. The van der Waals surface area contributed by atoms with E-state index in [9.17, 15) is 4.79 Å². The summed E-state index contributed by atoms with van der Waals surface area (Å²) in [6.45, 7) is 0. The minimum Gasteiger partial charge on any atom is -0.401 e. The lowest BCUT2D eigenvalue weighted by Crippen LogP contribution is -2.07. The van der Waals surface area contributed by atoms with Gasteiger partial charge < -0.3 is 5.73 Å². The van der Waals surface area contributed by atoms with Gasteiger partial charge in [0.15, 0.2) is 5.78 Å². The molecule has 2 N–H and O–H groups in total. The predicted octanol–water partition coefficient (Wildman–Crippen LogP) is 3.83. The zero-order valence-electron chi connectivity index (χ0n) is 10.1. The summed E-state index contributed by atoms with van der Waals surface area (Å²) in [6.07, 6.45) is 0.595. The Morgan fingerprint density at radius 3 is 2.84 bits per heavy atom. The van der Waals surface area contributed by atoms with E-state index < -0.39 is 0 Å². The molecule has 0 saturated heterocycles. The summed E-state index contributed by atoms with van der Waals surface area (Å²) in [5.41, 5.74) is 9.21. The van der Waals surface area contributed by atoms with Crippen molar-refractivity contribution in [2.45, 2.75) is 12.3 Å². The number of carbonyl (C=O) groups is 1. The SMILES string of the molecule is NC1=C(c2cccc(Cl)c2)C(=O)C(c2ccsc2)C1. The van der Waals surface area contributed by atoms with Crippen LogP contribution in [0.1, 0.15) is 23.5 Å². The molecule has 0 amide bonds. The molecule has 0 radical (unpaired) electrons.